The van der Waals surface area contributed by atoms with Gasteiger partial charge in [0.15, 0.2) is 11.5 Å². The minimum absolute atomic E-state index is 0.393. The van der Waals surface area contributed by atoms with Crippen LogP contribution in [0.3, 0.4) is 0 Å². The molecule has 0 N–H and O–H groups in total. The van der Waals surface area contributed by atoms with Crippen LogP contribution in [-0.4, -0.2) is 25.3 Å². The number of halogens is 1. The third kappa shape index (κ3) is 7.45. The van der Waals surface area contributed by atoms with Crippen LogP contribution >= 0.6 is 26.0 Å². The van der Waals surface area contributed by atoms with E-state index in [1.165, 1.54) is 61.8 Å². The highest BCUT2D eigenvalue weighted by atomic mass is 79.9. The van der Waals surface area contributed by atoms with Crippen LogP contribution < -0.4 is 0 Å². The number of benzene rings is 2. The van der Waals surface area contributed by atoms with Gasteiger partial charge in [0.1, 0.15) is 5.92 Å². The highest BCUT2D eigenvalue weighted by Gasteiger charge is 2.43. The smallest absolute Gasteiger partial charge is 0.171 e. The summed E-state index contributed by atoms with van der Waals surface area (Å²) < 4.78 is 11.8. The van der Waals surface area contributed by atoms with Crippen molar-refractivity contribution in [1.82, 2.24) is 0 Å². The summed E-state index contributed by atoms with van der Waals surface area (Å²) in [6, 6.07) is 21.6. The Bertz CT molecular complexity index is 1070. The first-order chi connectivity index (χ1) is 18.1. The van der Waals surface area contributed by atoms with Crippen molar-refractivity contribution in [2.24, 2.45) is 0 Å². The van der Waals surface area contributed by atoms with Crippen LogP contribution in [-0.2, 0) is 9.47 Å². The van der Waals surface area contributed by atoms with Gasteiger partial charge in [0.05, 0.1) is 20.3 Å². The fourth-order valence-electron chi connectivity index (χ4n) is 5.12. The normalized spacial score (nSPS) is 19.6. The minimum Gasteiger partial charge on any atom is -0.492 e. The van der Waals surface area contributed by atoms with Gasteiger partial charge < -0.3 is 9.47 Å². The first kappa shape index (κ1) is 29.4. The van der Waals surface area contributed by atoms with Gasteiger partial charge in [-0.25, -0.2) is 0 Å². The Morgan fingerprint density at radius 3 is 1.95 bits per heavy atom. The molecule has 1 aliphatic rings. The van der Waals surface area contributed by atoms with E-state index in [-0.39, 0.29) is 0 Å². The molecule has 0 aromatic heterocycles. The lowest BCUT2D eigenvalue weighted by Crippen LogP contribution is -2.13. The zero-order valence-electron chi connectivity index (χ0n) is 22.7. The molecule has 0 saturated carbocycles. The first-order valence-electron chi connectivity index (χ1n) is 13.5. The van der Waals surface area contributed by atoms with Gasteiger partial charge >= 0.3 is 0 Å². The molecule has 0 saturated heterocycles. The SMILES string of the molecule is COC1=CS(CCCCCCCCCCCBr)(c2ccc(C)cc2)C(C(C#N)c2ccccc2)=C1OC. The predicted molar refractivity (Wildman–Crippen MR) is 161 cm³/mol. The van der Waals surface area contributed by atoms with Crippen molar-refractivity contribution >= 4 is 26.0 Å². The highest BCUT2D eigenvalue weighted by Crippen LogP contribution is 2.72. The van der Waals surface area contributed by atoms with Gasteiger partial charge in [-0.2, -0.15) is 15.3 Å². The van der Waals surface area contributed by atoms with Crippen LogP contribution in [0.4, 0.5) is 0 Å². The van der Waals surface area contributed by atoms with Gasteiger partial charge in [-0.3, -0.25) is 0 Å². The third-order valence-corrected chi connectivity index (χ3v) is 11.6. The molecular formula is C32H42BrNO2S. The number of hydrogen-bond donors (Lipinski definition) is 0. The van der Waals surface area contributed by atoms with E-state index in [1.54, 1.807) is 14.2 Å². The van der Waals surface area contributed by atoms with Crippen molar-refractivity contribution < 1.29 is 9.47 Å². The number of hydrogen-bond acceptors (Lipinski definition) is 3. The summed E-state index contributed by atoms with van der Waals surface area (Å²) in [7, 11) is 1.76. The predicted octanol–water partition coefficient (Wildman–Crippen LogP) is 9.73. The lowest BCUT2D eigenvalue weighted by molar-refractivity contribution is 0.220. The Morgan fingerprint density at radius 2 is 1.41 bits per heavy atom. The molecule has 0 radical (unpaired) electrons. The molecule has 37 heavy (non-hydrogen) atoms. The maximum Gasteiger partial charge on any atom is 0.171 e. The maximum absolute atomic E-state index is 10.5. The molecule has 2 aromatic rings. The number of rotatable bonds is 16. The third-order valence-electron chi connectivity index (χ3n) is 7.14. The Morgan fingerprint density at radius 1 is 0.811 bits per heavy atom. The van der Waals surface area contributed by atoms with Crippen molar-refractivity contribution in [2.45, 2.75) is 75.5 Å². The average Bonchev–Trinajstić information content (AvgIpc) is 3.25. The number of alkyl halides is 1. The van der Waals surface area contributed by atoms with Crippen molar-refractivity contribution in [3.05, 3.63) is 87.6 Å². The Labute approximate surface area is 234 Å². The molecule has 2 aromatic carbocycles. The van der Waals surface area contributed by atoms with Gasteiger partial charge in [0.2, 0.25) is 0 Å². The Kier molecular flexibility index (Phi) is 12.2. The Balaban J connectivity index is 1.87. The van der Waals surface area contributed by atoms with Crippen molar-refractivity contribution in [3.8, 4) is 6.07 Å². The zero-order valence-corrected chi connectivity index (χ0v) is 25.1. The molecule has 5 heteroatoms. The summed E-state index contributed by atoms with van der Waals surface area (Å²) in [6.07, 6.45) is 11.5. The molecule has 1 aliphatic heterocycles. The van der Waals surface area contributed by atoms with E-state index >= 15 is 0 Å². The standard InChI is InChI=1S/C32H42BrNO2S/c1-26-18-20-28(21-19-26)37(23-15-10-8-6-4-5-7-9-14-22-33)25-30(35-2)31(36-3)32(37)29(24-34)27-16-12-11-13-17-27/h11-13,16-21,25,29H,4-10,14-15,22-23H2,1-3H3. The topological polar surface area (TPSA) is 42.2 Å². The van der Waals surface area contributed by atoms with Crippen LogP contribution in [0.5, 0.6) is 0 Å². The molecule has 0 aliphatic carbocycles. The number of unbranched alkanes of at least 4 members (excludes halogenated alkanes) is 8. The lowest BCUT2D eigenvalue weighted by Gasteiger charge is -2.39. The second-order valence-corrected chi connectivity index (χ2v) is 13.7. The van der Waals surface area contributed by atoms with Crippen LogP contribution in [0, 0.1) is 18.3 Å². The lowest BCUT2D eigenvalue weighted by atomic mass is 9.99. The fraction of sp³-hybridized carbons (Fsp3) is 0.469. The van der Waals surface area contributed by atoms with Gasteiger partial charge in [-0.05, 0) is 48.1 Å². The highest BCUT2D eigenvalue weighted by molar-refractivity contribution is 9.09. The molecule has 2 atom stereocenters. The summed E-state index contributed by atoms with van der Waals surface area (Å²) >= 11 is 3.52. The van der Waals surface area contributed by atoms with Crippen LogP contribution in [0.25, 0.3) is 0 Å². The van der Waals surface area contributed by atoms with E-state index < -0.39 is 15.9 Å². The van der Waals surface area contributed by atoms with Crippen molar-refractivity contribution in [3.63, 3.8) is 0 Å². The number of nitrogens with zero attached hydrogens (tertiary/aromatic N) is 1. The number of aryl methyl sites for hydroxylation is 1. The van der Waals surface area contributed by atoms with E-state index in [9.17, 15) is 5.26 Å². The molecule has 0 spiro atoms. The monoisotopic (exact) mass is 583 g/mol. The summed E-state index contributed by atoms with van der Waals surface area (Å²) in [5.74, 6) is 2.10. The molecule has 3 rings (SSSR count). The van der Waals surface area contributed by atoms with Crippen LogP contribution in [0.15, 0.2) is 81.3 Å². The Hall–Kier alpha value is -2.16. The van der Waals surface area contributed by atoms with E-state index in [2.05, 4.69) is 70.7 Å². The van der Waals surface area contributed by atoms with E-state index in [1.807, 2.05) is 18.2 Å². The van der Waals surface area contributed by atoms with Crippen LogP contribution in [0.2, 0.25) is 0 Å². The molecular weight excluding hydrogens is 542 g/mol. The van der Waals surface area contributed by atoms with Gasteiger partial charge in [0, 0.05) is 15.6 Å². The molecule has 3 nitrogen and oxygen atoms in total. The molecule has 2 unspecified atom stereocenters. The second-order valence-electron chi connectivity index (χ2n) is 9.74. The largest absolute Gasteiger partial charge is 0.492 e. The average molecular weight is 585 g/mol. The van der Waals surface area contributed by atoms with Gasteiger partial charge in [-0.1, -0.05) is 109 Å². The molecule has 0 amide bonds. The molecule has 200 valence electrons. The number of nitriles is 1. The van der Waals surface area contributed by atoms with Crippen molar-refractivity contribution in [2.75, 3.05) is 25.3 Å². The molecule has 1 heterocycles. The van der Waals surface area contributed by atoms with Crippen molar-refractivity contribution in [1.29, 1.82) is 5.26 Å². The van der Waals surface area contributed by atoms with E-state index in [0.29, 0.717) is 0 Å². The van der Waals surface area contributed by atoms with E-state index in [0.717, 1.165) is 39.5 Å². The summed E-state index contributed by atoms with van der Waals surface area (Å²) in [6.45, 7) is 2.12. The summed E-state index contributed by atoms with van der Waals surface area (Å²) in [5.41, 5.74) is 2.24. The van der Waals surface area contributed by atoms with Gasteiger partial charge in [-0.15, -0.1) is 0 Å². The van der Waals surface area contributed by atoms with Crippen LogP contribution in [0.1, 0.15) is 74.8 Å². The summed E-state index contributed by atoms with van der Waals surface area (Å²) in [4.78, 5) is 2.36. The zero-order chi connectivity index (χ0) is 26.5. The quantitative estimate of drug-likeness (QED) is 0.146. The minimum atomic E-state index is -1.65. The first-order valence-corrected chi connectivity index (χ1v) is 16.5. The van der Waals surface area contributed by atoms with Gasteiger partial charge in [0.25, 0.3) is 0 Å². The second kappa shape index (κ2) is 15.3. The molecule has 0 fully saturated rings. The number of methoxy groups -OCH3 is 2. The maximum atomic E-state index is 10.5. The number of allylic oxidation sites excluding steroid dienone is 1. The summed E-state index contributed by atoms with van der Waals surface area (Å²) in [5, 5.41) is 13.9. The fourth-order valence-corrected chi connectivity index (χ4v) is 9.59. The number of ether oxygens (including phenoxy) is 2. The molecule has 0 bridgehead atoms. The van der Waals surface area contributed by atoms with E-state index in [4.69, 9.17) is 9.47 Å².